The molecule has 20 heavy (non-hydrogen) atoms. The van der Waals surface area contributed by atoms with Crippen molar-refractivity contribution in [3.05, 3.63) is 29.8 Å². The van der Waals surface area contributed by atoms with Gasteiger partial charge in [-0.25, -0.2) is 8.42 Å². The zero-order valence-electron chi connectivity index (χ0n) is 12.6. The summed E-state index contributed by atoms with van der Waals surface area (Å²) < 4.78 is 23.1. The van der Waals surface area contributed by atoms with Gasteiger partial charge in [-0.05, 0) is 43.3 Å². The summed E-state index contributed by atoms with van der Waals surface area (Å²) in [6.07, 6.45) is 3.62. The lowest BCUT2D eigenvalue weighted by molar-refractivity contribution is 0.506. The van der Waals surface area contributed by atoms with Crippen molar-refractivity contribution in [1.82, 2.24) is 5.32 Å². The molecule has 1 unspecified atom stereocenters. The minimum Gasteiger partial charge on any atom is -0.310 e. The molecule has 0 heterocycles. The highest BCUT2D eigenvalue weighted by atomic mass is 32.2. The van der Waals surface area contributed by atoms with Crippen LogP contribution in [0, 0.1) is 0 Å². The number of nitrogens with one attached hydrogen (secondary N) is 1. The van der Waals surface area contributed by atoms with Crippen molar-refractivity contribution >= 4 is 21.6 Å². The van der Waals surface area contributed by atoms with E-state index in [1.54, 1.807) is 18.7 Å². The van der Waals surface area contributed by atoms with Gasteiger partial charge in [-0.3, -0.25) is 0 Å². The predicted molar refractivity (Wildman–Crippen MR) is 88.2 cm³/mol. The van der Waals surface area contributed by atoms with Crippen LogP contribution in [0.15, 0.2) is 29.2 Å². The lowest BCUT2D eigenvalue weighted by Gasteiger charge is -2.18. The highest BCUT2D eigenvalue weighted by molar-refractivity contribution is 7.98. The van der Waals surface area contributed by atoms with E-state index in [9.17, 15) is 8.42 Å². The Hall–Kier alpha value is -0.520. The Bertz CT molecular complexity index is 483. The van der Waals surface area contributed by atoms with E-state index in [4.69, 9.17) is 0 Å². The van der Waals surface area contributed by atoms with Crippen molar-refractivity contribution in [2.45, 2.75) is 37.6 Å². The molecule has 1 N–H and O–H groups in total. The maximum atomic E-state index is 11.5. The molecular weight excluding hydrogens is 290 g/mol. The van der Waals surface area contributed by atoms with Gasteiger partial charge in [0.05, 0.1) is 5.75 Å². The van der Waals surface area contributed by atoms with Crippen LogP contribution < -0.4 is 5.32 Å². The summed E-state index contributed by atoms with van der Waals surface area (Å²) in [4.78, 5) is 1.25. The normalized spacial score (nSPS) is 13.3. The van der Waals surface area contributed by atoms with Gasteiger partial charge in [0.2, 0.25) is 0 Å². The smallest absolute Gasteiger partial charge is 0.150 e. The minimum absolute atomic E-state index is 0.237. The molecule has 0 radical (unpaired) electrons. The van der Waals surface area contributed by atoms with Gasteiger partial charge in [-0.15, -0.1) is 11.8 Å². The second-order valence-corrected chi connectivity index (χ2v) is 8.11. The Morgan fingerprint density at radius 1 is 1.20 bits per heavy atom. The van der Waals surface area contributed by atoms with Gasteiger partial charge in [-0.1, -0.05) is 26.0 Å². The van der Waals surface area contributed by atoms with Gasteiger partial charge in [0.1, 0.15) is 9.84 Å². The Labute approximate surface area is 127 Å². The summed E-state index contributed by atoms with van der Waals surface area (Å²) in [5, 5.41) is 3.44. The monoisotopic (exact) mass is 315 g/mol. The molecule has 1 aromatic rings. The van der Waals surface area contributed by atoms with Gasteiger partial charge < -0.3 is 5.32 Å². The number of benzene rings is 1. The van der Waals surface area contributed by atoms with Gasteiger partial charge in [-0.2, -0.15) is 0 Å². The summed E-state index contributed by atoms with van der Waals surface area (Å²) in [7, 11) is -2.85. The molecular formula is C15H25NO2S2. The van der Waals surface area contributed by atoms with Crippen LogP contribution >= 0.6 is 11.8 Å². The van der Waals surface area contributed by atoms with Gasteiger partial charge in [0.25, 0.3) is 0 Å². The molecule has 0 fully saturated rings. The average Bonchev–Trinajstić information content (AvgIpc) is 2.46. The summed E-state index contributed by atoms with van der Waals surface area (Å²) >= 11 is 1.73. The third-order valence-electron chi connectivity index (χ3n) is 3.36. The van der Waals surface area contributed by atoms with Gasteiger partial charge in [0, 0.05) is 16.7 Å². The van der Waals surface area contributed by atoms with E-state index in [-0.39, 0.29) is 17.5 Å². The van der Waals surface area contributed by atoms with Crippen LogP contribution in [0.25, 0.3) is 0 Å². The number of hydrogen-bond donors (Lipinski definition) is 1. The lowest BCUT2D eigenvalue weighted by atomic mass is 10.0. The lowest BCUT2D eigenvalue weighted by Crippen LogP contribution is -2.22. The Balaban J connectivity index is 2.63. The van der Waals surface area contributed by atoms with Crippen LogP contribution in [-0.4, -0.2) is 32.7 Å². The zero-order chi connectivity index (χ0) is 15.0. The molecule has 0 aliphatic heterocycles. The average molecular weight is 316 g/mol. The zero-order valence-corrected chi connectivity index (χ0v) is 14.2. The van der Waals surface area contributed by atoms with Crippen LogP contribution in [-0.2, 0) is 9.84 Å². The van der Waals surface area contributed by atoms with Gasteiger partial charge in [0.15, 0.2) is 0 Å². The first-order valence-electron chi connectivity index (χ1n) is 7.10. The van der Waals surface area contributed by atoms with E-state index in [0.717, 1.165) is 13.0 Å². The Kier molecular flexibility index (Phi) is 7.62. The number of hydrogen-bond acceptors (Lipinski definition) is 4. The van der Waals surface area contributed by atoms with E-state index in [2.05, 4.69) is 42.8 Å². The molecule has 5 heteroatoms. The standard InChI is InChI=1S/C15H25NO2S2/c1-4-16-15(7-6-12-20(17,18)5-2)13-8-10-14(19-3)11-9-13/h8-11,15-16H,4-7,12H2,1-3H3. The van der Waals surface area contributed by atoms with Crippen LogP contribution in [0.4, 0.5) is 0 Å². The van der Waals surface area contributed by atoms with Crippen LogP contribution in [0.1, 0.15) is 38.3 Å². The first kappa shape index (κ1) is 17.5. The Morgan fingerprint density at radius 2 is 1.85 bits per heavy atom. The first-order chi connectivity index (χ1) is 9.52. The highest BCUT2D eigenvalue weighted by Crippen LogP contribution is 2.22. The fourth-order valence-electron chi connectivity index (χ4n) is 2.12. The minimum atomic E-state index is -2.85. The molecule has 0 saturated carbocycles. The molecule has 1 rings (SSSR count). The molecule has 0 amide bonds. The molecule has 0 aromatic heterocycles. The van der Waals surface area contributed by atoms with E-state index in [1.807, 2.05) is 0 Å². The molecule has 0 saturated heterocycles. The summed E-state index contributed by atoms with van der Waals surface area (Å²) in [5.74, 6) is 0.523. The molecule has 114 valence electrons. The number of rotatable bonds is 9. The van der Waals surface area contributed by atoms with Gasteiger partial charge >= 0.3 is 0 Å². The quantitative estimate of drug-likeness (QED) is 0.710. The Morgan fingerprint density at radius 3 is 2.35 bits per heavy atom. The fraction of sp³-hybridized carbons (Fsp3) is 0.600. The second-order valence-electron chi connectivity index (χ2n) is 4.76. The van der Waals surface area contributed by atoms with Crippen molar-refractivity contribution in [2.24, 2.45) is 0 Å². The van der Waals surface area contributed by atoms with Crippen LogP contribution in [0.5, 0.6) is 0 Å². The third-order valence-corrected chi connectivity index (χ3v) is 5.89. The molecule has 0 spiro atoms. The molecule has 0 bridgehead atoms. The first-order valence-corrected chi connectivity index (χ1v) is 10.1. The van der Waals surface area contributed by atoms with Crippen molar-refractivity contribution in [3.63, 3.8) is 0 Å². The van der Waals surface area contributed by atoms with E-state index in [0.29, 0.717) is 6.42 Å². The maximum absolute atomic E-state index is 11.5. The SMILES string of the molecule is CCNC(CCCS(=O)(=O)CC)c1ccc(SC)cc1. The molecule has 0 aliphatic carbocycles. The number of thioether (sulfide) groups is 1. The second kappa shape index (κ2) is 8.70. The van der Waals surface area contributed by atoms with Crippen molar-refractivity contribution in [3.8, 4) is 0 Å². The summed E-state index contributed by atoms with van der Waals surface area (Å²) in [6.45, 7) is 4.67. The van der Waals surface area contributed by atoms with E-state index >= 15 is 0 Å². The van der Waals surface area contributed by atoms with Crippen molar-refractivity contribution < 1.29 is 8.42 Å². The molecule has 3 nitrogen and oxygen atoms in total. The summed E-state index contributed by atoms with van der Waals surface area (Å²) in [5.41, 5.74) is 1.23. The third kappa shape index (κ3) is 5.85. The van der Waals surface area contributed by atoms with Crippen LogP contribution in [0.3, 0.4) is 0 Å². The fourth-order valence-corrected chi connectivity index (χ4v) is 3.42. The number of sulfone groups is 1. The largest absolute Gasteiger partial charge is 0.310 e. The highest BCUT2D eigenvalue weighted by Gasteiger charge is 2.13. The maximum Gasteiger partial charge on any atom is 0.150 e. The van der Waals surface area contributed by atoms with E-state index < -0.39 is 9.84 Å². The molecule has 1 atom stereocenters. The van der Waals surface area contributed by atoms with Crippen molar-refractivity contribution in [2.75, 3.05) is 24.3 Å². The van der Waals surface area contributed by atoms with Crippen LogP contribution in [0.2, 0.25) is 0 Å². The van der Waals surface area contributed by atoms with Crippen molar-refractivity contribution in [1.29, 1.82) is 0 Å². The molecule has 0 aliphatic rings. The van der Waals surface area contributed by atoms with E-state index in [1.165, 1.54) is 10.5 Å². The molecule has 1 aromatic carbocycles. The topological polar surface area (TPSA) is 46.2 Å². The summed E-state index contributed by atoms with van der Waals surface area (Å²) in [6, 6.07) is 8.74. The predicted octanol–water partition coefficient (Wildman–Crippen LogP) is 3.27.